The topological polar surface area (TPSA) is 59.3 Å². The molecule has 0 aliphatic heterocycles. The van der Waals surface area contributed by atoms with Gasteiger partial charge in [0.15, 0.2) is 5.16 Å². The Bertz CT molecular complexity index is 1130. The van der Waals surface area contributed by atoms with E-state index in [0.717, 1.165) is 21.1 Å². The maximum Gasteiger partial charge on any atom is 0.250 e. The Balaban J connectivity index is 1.47. The average molecular weight is 421 g/mol. The van der Waals surface area contributed by atoms with Gasteiger partial charge in [0, 0.05) is 4.88 Å². The molecule has 0 spiro atoms. The molecule has 0 unspecified atom stereocenters. The van der Waals surface area contributed by atoms with Crippen LogP contribution in [0.3, 0.4) is 0 Å². The van der Waals surface area contributed by atoms with Gasteiger partial charge in [-0.25, -0.2) is 10.4 Å². The molecule has 2 aromatic heterocycles. The van der Waals surface area contributed by atoms with E-state index in [9.17, 15) is 4.79 Å². The number of hydrazone groups is 1. The highest BCUT2D eigenvalue weighted by molar-refractivity contribution is 7.99. The van der Waals surface area contributed by atoms with E-state index in [-0.39, 0.29) is 11.7 Å². The molecule has 4 aromatic rings. The van der Waals surface area contributed by atoms with Crippen LogP contribution in [0, 0.1) is 6.92 Å². The molecule has 0 saturated carbocycles. The first-order valence-electron chi connectivity index (χ1n) is 9.18. The maximum absolute atomic E-state index is 12.2. The van der Waals surface area contributed by atoms with Crippen molar-refractivity contribution < 1.29 is 4.79 Å². The molecule has 146 valence electrons. The maximum atomic E-state index is 12.2. The van der Waals surface area contributed by atoms with Crippen LogP contribution in [0.1, 0.15) is 16.0 Å². The largest absolute Gasteiger partial charge is 0.314 e. The number of thioether (sulfide) groups is 1. The number of aromatic nitrogens is 2. The molecule has 0 aliphatic rings. The minimum absolute atomic E-state index is 0.156. The average Bonchev–Trinajstić information content (AvgIpc) is 3.36. The predicted octanol–water partition coefficient (Wildman–Crippen LogP) is 4.70. The highest BCUT2D eigenvalue weighted by atomic mass is 32.2. The molecule has 2 heterocycles. The van der Waals surface area contributed by atoms with Gasteiger partial charge >= 0.3 is 0 Å². The second kappa shape index (κ2) is 9.07. The summed E-state index contributed by atoms with van der Waals surface area (Å²) in [5, 5.41) is 6.81. The van der Waals surface area contributed by atoms with Crippen LogP contribution < -0.4 is 5.43 Å². The minimum atomic E-state index is -0.156. The summed E-state index contributed by atoms with van der Waals surface area (Å²) in [5.41, 5.74) is 7.00. The first-order chi connectivity index (χ1) is 14.2. The molecule has 0 atom stereocenters. The zero-order chi connectivity index (χ0) is 20.1. The third-order valence-electron chi connectivity index (χ3n) is 4.34. The summed E-state index contributed by atoms with van der Waals surface area (Å²) in [6, 6.07) is 20.4. The fourth-order valence-electron chi connectivity index (χ4n) is 2.89. The van der Waals surface area contributed by atoms with E-state index in [0.29, 0.717) is 6.54 Å². The van der Waals surface area contributed by atoms with Crippen molar-refractivity contribution in [1.82, 2.24) is 15.0 Å². The highest BCUT2D eigenvalue weighted by Gasteiger charge is 2.13. The highest BCUT2D eigenvalue weighted by Crippen LogP contribution is 2.25. The predicted molar refractivity (Wildman–Crippen MR) is 121 cm³/mol. The summed E-state index contributed by atoms with van der Waals surface area (Å²) < 4.78 is 2.16. The van der Waals surface area contributed by atoms with E-state index < -0.39 is 0 Å². The minimum Gasteiger partial charge on any atom is -0.314 e. The van der Waals surface area contributed by atoms with Crippen LogP contribution in [-0.4, -0.2) is 27.4 Å². The zero-order valence-electron chi connectivity index (χ0n) is 15.9. The SMILES string of the molecule is Cc1ccc(Cn2c(SCC(=O)NN=Cc3cccs3)nc3ccccc32)cc1. The molecule has 0 aliphatic carbocycles. The molecule has 1 amide bonds. The molecule has 0 saturated heterocycles. The van der Waals surface area contributed by atoms with Gasteiger partial charge in [-0.2, -0.15) is 5.10 Å². The Hall–Kier alpha value is -2.90. The van der Waals surface area contributed by atoms with E-state index in [1.54, 1.807) is 17.6 Å². The van der Waals surface area contributed by atoms with Gasteiger partial charge in [-0.15, -0.1) is 11.3 Å². The quantitative estimate of drug-likeness (QED) is 0.268. The van der Waals surface area contributed by atoms with Gasteiger partial charge in [0.05, 0.1) is 29.5 Å². The number of para-hydroxylation sites is 2. The van der Waals surface area contributed by atoms with Crippen molar-refractivity contribution in [2.45, 2.75) is 18.6 Å². The molecule has 5 nitrogen and oxygen atoms in total. The molecule has 0 bridgehead atoms. The van der Waals surface area contributed by atoms with Crippen LogP contribution in [0.4, 0.5) is 0 Å². The molecule has 29 heavy (non-hydrogen) atoms. The van der Waals surface area contributed by atoms with Gasteiger partial charge in [-0.3, -0.25) is 4.79 Å². The molecule has 1 N–H and O–H groups in total. The van der Waals surface area contributed by atoms with Crippen LogP contribution in [-0.2, 0) is 11.3 Å². The number of thiophene rings is 1. The third kappa shape index (κ3) is 4.93. The molecular weight excluding hydrogens is 400 g/mol. The number of imidazole rings is 1. The Morgan fingerprint density at radius 2 is 2.00 bits per heavy atom. The smallest absolute Gasteiger partial charge is 0.250 e. The Morgan fingerprint density at radius 3 is 2.79 bits per heavy atom. The zero-order valence-corrected chi connectivity index (χ0v) is 17.5. The number of hydrogen-bond acceptors (Lipinski definition) is 5. The van der Waals surface area contributed by atoms with Gasteiger partial charge in [-0.1, -0.05) is 59.8 Å². The molecule has 2 aromatic carbocycles. The molecule has 4 rings (SSSR count). The molecule has 7 heteroatoms. The number of benzene rings is 2. The van der Waals surface area contributed by atoms with E-state index in [4.69, 9.17) is 4.98 Å². The van der Waals surface area contributed by atoms with E-state index in [2.05, 4.69) is 52.3 Å². The summed E-state index contributed by atoms with van der Waals surface area (Å²) >= 11 is 2.99. The lowest BCUT2D eigenvalue weighted by Gasteiger charge is -2.09. The van der Waals surface area contributed by atoms with Gasteiger partial charge in [0.2, 0.25) is 0 Å². The van der Waals surface area contributed by atoms with Crippen molar-refractivity contribution in [3.05, 3.63) is 82.0 Å². The molecule has 0 radical (unpaired) electrons. The second-order valence-corrected chi connectivity index (χ2v) is 8.47. The standard InChI is InChI=1S/C22H20N4OS2/c1-16-8-10-17(11-9-16)14-26-20-7-3-2-6-19(20)24-22(26)29-15-21(27)25-23-13-18-5-4-12-28-18/h2-13H,14-15H2,1H3,(H,25,27). The van der Waals surface area contributed by atoms with Crippen LogP contribution in [0.5, 0.6) is 0 Å². The van der Waals surface area contributed by atoms with Crippen molar-refractivity contribution in [3.63, 3.8) is 0 Å². The third-order valence-corrected chi connectivity index (χ3v) is 6.12. The summed E-state index contributed by atoms with van der Waals surface area (Å²) in [7, 11) is 0. The number of nitrogens with one attached hydrogen (secondary N) is 1. The first-order valence-corrected chi connectivity index (χ1v) is 11.0. The Morgan fingerprint density at radius 1 is 1.17 bits per heavy atom. The van der Waals surface area contributed by atoms with E-state index >= 15 is 0 Å². The van der Waals surface area contributed by atoms with Crippen LogP contribution in [0.15, 0.2) is 76.3 Å². The van der Waals surface area contributed by atoms with E-state index in [1.165, 1.54) is 22.9 Å². The number of aryl methyl sites for hydroxylation is 1. The fourth-order valence-corrected chi connectivity index (χ4v) is 4.28. The number of rotatable bonds is 7. The Labute approximate surface area is 177 Å². The monoisotopic (exact) mass is 420 g/mol. The second-order valence-electron chi connectivity index (χ2n) is 6.55. The number of hydrogen-bond donors (Lipinski definition) is 1. The van der Waals surface area contributed by atoms with Crippen molar-refractivity contribution in [1.29, 1.82) is 0 Å². The summed E-state index contributed by atoms with van der Waals surface area (Å²) in [4.78, 5) is 17.9. The van der Waals surface area contributed by atoms with Gasteiger partial charge < -0.3 is 4.57 Å². The van der Waals surface area contributed by atoms with Crippen LogP contribution in [0.25, 0.3) is 11.0 Å². The first kappa shape index (κ1) is 19.4. The fraction of sp³-hybridized carbons (Fsp3) is 0.136. The number of amides is 1. The van der Waals surface area contributed by atoms with Crippen molar-refractivity contribution in [2.24, 2.45) is 5.10 Å². The summed E-state index contributed by atoms with van der Waals surface area (Å²) in [6.07, 6.45) is 1.65. The van der Waals surface area contributed by atoms with Gasteiger partial charge in [-0.05, 0) is 36.1 Å². The number of carbonyl (C=O) groups is 1. The number of nitrogens with zero attached hydrogens (tertiary/aromatic N) is 3. The van der Waals surface area contributed by atoms with Crippen molar-refractivity contribution in [2.75, 3.05) is 5.75 Å². The molecule has 0 fully saturated rings. The van der Waals surface area contributed by atoms with Crippen LogP contribution in [0.2, 0.25) is 0 Å². The van der Waals surface area contributed by atoms with Crippen molar-refractivity contribution >= 4 is 46.3 Å². The van der Waals surface area contributed by atoms with Gasteiger partial charge in [0.1, 0.15) is 0 Å². The van der Waals surface area contributed by atoms with E-state index in [1.807, 2.05) is 35.7 Å². The normalized spacial score (nSPS) is 11.3. The van der Waals surface area contributed by atoms with Crippen molar-refractivity contribution in [3.8, 4) is 0 Å². The number of fused-ring (bicyclic) bond motifs is 1. The lowest BCUT2D eigenvalue weighted by molar-refractivity contribution is -0.118. The number of carbonyl (C=O) groups excluding carboxylic acids is 1. The lowest BCUT2D eigenvalue weighted by atomic mass is 10.1. The molecular formula is C22H20N4OS2. The van der Waals surface area contributed by atoms with Crippen LogP contribution >= 0.6 is 23.1 Å². The summed E-state index contributed by atoms with van der Waals surface area (Å²) in [6.45, 7) is 2.79. The summed E-state index contributed by atoms with van der Waals surface area (Å²) in [5.74, 6) is 0.0932. The lowest BCUT2D eigenvalue weighted by Crippen LogP contribution is -2.20. The van der Waals surface area contributed by atoms with Gasteiger partial charge in [0.25, 0.3) is 5.91 Å². The Kier molecular flexibility index (Phi) is 6.07.